The maximum Gasteiger partial charge on any atom is 0.196 e. The highest BCUT2D eigenvalue weighted by molar-refractivity contribution is 6.11. The Kier molecular flexibility index (Phi) is 3.56. The summed E-state index contributed by atoms with van der Waals surface area (Å²) in [7, 11) is 0. The van der Waals surface area contributed by atoms with Gasteiger partial charge in [0.2, 0.25) is 0 Å². The van der Waals surface area contributed by atoms with Crippen LogP contribution in [0.25, 0.3) is 0 Å². The van der Waals surface area contributed by atoms with Crippen molar-refractivity contribution >= 4 is 11.5 Å². The Hall–Kier alpha value is -2.29. The first kappa shape index (κ1) is 13.1. The Morgan fingerprint density at radius 3 is 2.42 bits per heavy atom. The van der Waals surface area contributed by atoms with Gasteiger partial charge >= 0.3 is 0 Å². The lowest BCUT2D eigenvalue weighted by atomic mass is 9.98. The maximum atomic E-state index is 12.4. The molecule has 2 rings (SSSR count). The Morgan fingerprint density at radius 2 is 1.84 bits per heavy atom. The Morgan fingerprint density at radius 1 is 1.21 bits per heavy atom. The van der Waals surface area contributed by atoms with E-state index < -0.39 is 0 Å². The predicted molar refractivity (Wildman–Crippen MR) is 76.5 cm³/mol. The van der Waals surface area contributed by atoms with Gasteiger partial charge in [-0.3, -0.25) is 4.79 Å². The summed E-state index contributed by atoms with van der Waals surface area (Å²) in [5.41, 5.74) is 8.74. The molecule has 0 unspecified atom stereocenters. The van der Waals surface area contributed by atoms with Crippen molar-refractivity contribution in [3.8, 4) is 5.75 Å². The van der Waals surface area contributed by atoms with E-state index in [0.717, 1.165) is 12.0 Å². The molecular formula is C16H17NO2. The molecule has 0 fully saturated rings. The molecular weight excluding hydrogens is 238 g/mol. The molecule has 0 atom stereocenters. The second-order valence-corrected chi connectivity index (χ2v) is 4.63. The number of hydrogen-bond acceptors (Lipinski definition) is 3. The number of nitrogen functional groups attached to an aromatic ring is 1. The number of benzene rings is 2. The van der Waals surface area contributed by atoms with Gasteiger partial charge in [-0.1, -0.05) is 31.2 Å². The molecule has 19 heavy (non-hydrogen) atoms. The van der Waals surface area contributed by atoms with Crippen LogP contribution in [0.1, 0.15) is 34.0 Å². The number of ketones is 1. The fraction of sp³-hybridized carbons (Fsp3) is 0.188. The van der Waals surface area contributed by atoms with Gasteiger partial charge in [0.05, 0.1) is 11.3 Å². The van der Waals surface area contributed by atoms with Crippen molar-refractivity contribution in [3.05, 3.63) is 58.7 Å². The molecule has 0 saturated carbocycles. The third-order valence-corrected chi connectivity index (χ3v) is 3.15. The Balaban J connectivity index is 2.43. The van der Waals surface area contributed by atoms with Gasteiger partial charge in [0.15, 0.2) is 5.78 Å². The van der Waals surface area contributed by atoms with Crippen LogP contribution in [0.5, 0.6) is 5.75 Å². The molecule has 3 N–H and O–H groups in total. The number of hydrogen-bond donors (Lipinski definition) is 2. The molecule has 2 aromatic rings. The number of carbonyl (C=O) groups excluding carboxylic acids is 1. The number of rotatable bonds is 3. The minimum absolute atomic E-state index is 0.143. The highest BCUT2D eigenvalue weighted by Gasteiger charge is 2.16. The van der Waals surface area contributed by atoms with E-state index in [-0.39, 0.29) is 22.8 Å². The van der Waals surface area contributed by atoms with E-state index in [1.807, 2.05) is 19.1 Å². The van der Waals surface area contributed by atoms with Gasteiger partial charge in [-0.15, -0.1) is 0 Å². The summed E-state index contributed by atoms with van der Waals surface area (Å²) in [6, 6.07) is 10.7. The average molecular weight is 255 g/mol. The van der Waals surface area contributed by atoms with Crippen LogP contribution in [0, 0.1) is 6.92 Å². The zero-order valence-electron chi connectivity index (χ0n) is 11.1. The molecule has 3 heteroatoms. The van der Waals surface area contributed by atoms with Crippen LogP contribution < -0.4 is 5.73 Å². The lowest BCUT2D eigenvalue weighted by molar-refractivity contribution is 0.103. The van der Waals surface area contributed by atoms with E-state index in [1.165, 1.54) is 5.56 Å². The first-order valence-corrected chi connectivity index (χ1v) is 6.25. The van der Waals surface area contributed by atoms with Crippen LogP contribution in [0.15, 0.2) is 36.4 Å². The monoisotopic (exact) mass is 255 g/mol. The quantitative estimate of drug-likeness (QED) is 0.503. The Labute approximate surface area is 112 Å². The largest absolute Gasteiger partial charge is 0.505 e. The van der Waals surface area contributed by atoms with Crippen LogP contribution in [-0.2, 0) is 6.42 Å². The van der Waals surface area contributed by atoms with Gasteiger partial charge < -0.3 is 10.8 Å². The van der Waals surface area contributed by atoms with Gasteiger partial charge in [-0.05, 0) is 36.6 Å². The van der Waals surface area contributed by atoms with Crippen LogP contribution in [0.4, 0.5) is 5.69 Å². The SMILES string of the molecule is CCc1ccc(C(=O)c2cc(C)cc(N)c2O)cc1. The molecule has 0 aliphatic rings. The van der Waals surface area contributed by atoms with E-state index in [0.29, 0.717) is 5.56 Å². The van der Waals surface area contributed by atoms with Crippen molar-refractivity contribution in [2.24, 2.45) is 0 Å². The summed E-state index contributed by atoms with van der Waals surface area (Å²) in [5, 5.41) is 9.91. The molecule has 0 radical (unpaired) electrons. The second-order valence-electron chi connectivity index (χ2n) is 4.63. The maximum absolute atomic E-state index is 12.4. The third-order valence-electron chi connectivity index (χ3n) is 3.15. The van der Waals surface area contributed by atoms with Crippen molar-refractivity contribution in [1.29, 1.82) is 0 Å². The second kappa shape index (κ2) is 5.14. The van der Waals surface area contributed by atoms with Crippen molar-refractivity contribution in [2.45, 2.75) is 20.3 Å². The molecule has 98 valence electrons. The molecule has 0 heterocycles. The topological polar surface area (TPSA) is 63.3 Å². The summed E-state index contributed by atoms with van der Waals surface area (Å²) in [6.45, 7) is 3.90. The van der Waals surface area contributed by atoms with Gasteiger partial charge in [0.1, 0.15) is 5.75 Å². The van der Waals surface area contributed by atoms with Gasteiger partial charge in [-0.25, -0.2) is 0 Å². The van der Waals surface area contributed by atoms with E-state index in [4.69, 9.17) is 5.73 Å². The number of anilines is 1. The van der Waals surface area contributed by atoms with Crippen LogP contribution in [0.2, 0.25) is 0 Å². The number of carbonyl (C=O) groups is 1. The minimum Gasteiger partial charge on any atom is -0.505 e. The van der Waals surface area contributed by atoms with E-state index in [9.17, 15) is 9.90 Å². The zero-order chi connectivity index (χ0) is 14.0. The van der Waals surface area contributed by atoms with Crippen LogP contribution >= 0.6 is 0 Å². The lowest BCUT2D eigenvalue weighted by Crippen LogP contribution is -2.04. The van der Waals surface area contributed by atoms with Crippen molar-refractivity contribution < 1.29 is 9.90 Å². The van der Waals surface area contributed by atoms with Crippen molar-refractivity contribution in [2.75, 3.05) is 5.73 Å². The molecule has 3 nitrogen and oxygen atoms in total. The van der Waals surface area contributed by atoms with Crippen molar-refractivity contribution in [3.63, 3.8) is 0 Å². The predicted octanol–water partition coefficient (Wildman–Crippen LogP) is 3.08. The molecule has 0 bridgehead atoms. The first-order chi connectivity index (χ1) is 9.02. The first-order valence-electron chi connectivity index (χ1n) is 6.25. The third kappa shape index (κ3) is 2.60. The zero-order valence-corrected chi connectivity index (χ0v) is 11.1. The summed E-state index contributed by atoms with van der Waals surface area (Å²) in [5.74, 6) is -0.356. The highest BCUT2D eigenvalue weighted by atomic mass is 16.3. The molecule has 0 aromatic heterocycles. The standard InChI is InChI=1S/C16H17NO2/c1-3-11-4-6-12(7-5-11)15(18)13-8-10(2)9-14(17)16(13)19/h4-9,19H,3,17H2,1-2H3. The average Bonchev–Trinajstić information content (AvgIpc) is 2.42. The molecule has 0 spiro atoms. The van der Waals surface area contributed by atoms with E-state index in [2.05, 4.69) is 6.92 Å². The summed E-state index contributed by atoms with van der Waals surface area (Å²) in [6.07, 6.45) is 0.928. The lowest BCUT2D eigenvalue weighted by Gasteiger charge is -2.08. The fourth-order valence-electron chi connectivity index (χ4n) is 2.03. The molecule has 2 aromatic carbocycles. The van der Waals surface area contributed by atoms with Gasteiger partial charge in [-0.2, -0.15) is 0 Å². The summed E-state index contributed by atoms with van der Waals surface area (Å²) < 4.78 is 0. The van der Waals surface area contributed by atoms with Gasteiger partial charge in [0.25, 0.3) is 0 Å². The summed E-state index contributed by atoms with van der Waals surface area (Å²) >= 11 is 0. The normalized spacial score (nSPS) is 10.4. The Bertz CT molecular complexity index is 615. The number of aryl methyl sites for hydroxylation is 2. The molecule has 0 aliphatic carbocycles. The molecule has 0 amide bonds. The number of phenols is 1. The van der Waals surface area contributed by atoms with E-state index >= 15 is 0 Å². The fourth-order valence-corrected chi connectivity index (χ4v) is 2.03. The number of phenolic OH excluding ortho intramolecular Hbond substituents is 1. The van der Waals surface area contributed by atoms with Crippen LogP contribution in [-0.4, -0.2) is 10.9 Å². The van der Waals surface area contributed by atoms with Crippen molar-refractivity contribution in [1.82, 2.24) is 0 Å². The van der Waals surface area contributed by atoms with Crippen LogP contribution in [0.3, 0.4) is 0 Å². The minimum atomic E-state index is -0.212. The van der Waals surface area contributed by atoms with Gasteiger partial charge in [0, 0.05) is 5.56 Å². The smallest absolute Gasteiger partial charge is 0.196 e. The number of nitrogens with two attached hydrogens (primary N) is 1. The number of aromatic hydroxyl groups is 1. The highest BCUT2D eigenvalue weighted by Crippen LogP contribution is 2.28. The molecule has 0 aliphatic heterocycles. The van der Waals surface area contributed by atoms with E-state index in [1.54, 1.807) is 24.3 Å². The molecule has 0 saturated heterocycles. The summed E-state index contributed by atoms with van der Waals surface area (Å²) in [4.78, 5) is 12.4.